The Bertz CT molecular complexity index is 313. The Hall–Kier alpha value is -0.610. The summed E-state index contributed by atoms with van der Waals surface area (Å²) in [5.41, 5.74) is 5.32. The third-order valence-electron chi connectivity index (χ3n) is 5.09. The van der Waals surface area contributed by atoms with E-state index in [1.54, 1.807) is 0 Å². The van der Waals surface area contributed by atoms with Gasteiger partial charge in [0, 0.05) is 24.7 Å². The van der Waals surface area contributed by atoms with Crippen LogP contribution in [0.2, 0.25) is 0 Å². The van der Waals surface area contributed by atoms with Crippen molar-refractivity contribution in [3.8, 4) is 0 Å². The molecule has 2 fully saturated rings. The first-order valence-electron chi connectivity index (χ1n) is 7.22. The summed E-state index contributed by atoms with van der Waals surface area (Å²) in [5.74, 6) is -0.165. The van der Waals surface area contributed by atoms with Crippen molar-refractivity contribution < 1.29 is 9.53 Å². The molecule has 0 aromatic carbocycles. The number of nitrogens with one attached hydrogen (secondary N) is 1. The van der Waals surface area contributed by atoms with Gasteiger partial charge in [-0.25, -0.2) is 0 Å². The predicted molar refractivity (Wildman–Crippen MR) is 71.2 cm³/mol. The van der Waals surface area contributed by atoms with Gasteiger partial charge in [0.15, 0.2) is 0 Å². The molecule has 4 heteroatoms. The molecular weight excluding hydrogens is 228 g/mol. The van der Waals surface area contributed by atoms with Crippen LogP contribution in [0.3, 0.4) is 0 Å². The average molecular weight is 254 g/mol. The number of rotatable bonds is 4. The van der Waals surface area contributed by atoms with E-state index in [1.165, 1.54) is 0 Å². The second-order valence-corrected chi connectivity index (χ2v) is 5.97. The lowest BCUT2D eigenvalue weighted by atomic mass is 9.66. The Morgan fingerprint density at radius 3 is 2.56 bits per heavy atom. The highest BCUT2D eigenvalue weighted by molar-refractivity contribution is 5.86. The van der Waals surface area contributed by atoms with Crippen LogP contribution in [0, 0.1) is 5.41 Å². The smallest absolute Gasteiger partial charge is 0.238 e. The third-order valence-corrected chi connectivity index (χ3v) is 5.09. The number of hydrogen-bond acceptors (Lipinski definition) is 3. The highest BCUT2D eigenvalue weighted by Gasteiger charge is 2.58. The maximum Gasteiger partial charge on any atom is 0.238 e. The molecule has 1 amide bonds. The summed E-state index contributed by atoms with van der Waals surface area (Å²) < 4.78 is 5.48. The summed E-state index contributed by atoms with van der Waals surface area (Å²) in [6.45, 7) is 5.79. The molecule has 0 bridgehead atoms. The minimum atomic E-state index is -0.508. The Labute approximate surface area is 110 Å². The van der Waals surface area contributed by atoms with E-state index in [1.807, 2.05) is 0 Å². The van der Waals surface area contributed by atoms with Crippen LogP contribution in [0.25, 0.3) is 0 Å². The quantitative estimate of drug-likeness (QED) is 0.800. The van der Waals surface area contributed by atoms with Gasteiger partial charge in [-0.2, -0.15) is 0 Å². The van der Waals surface area contributed by atoms with Crippen LogP contribution in [-0.4, -0.2) is 30.7 Å². The van der Waals surface area contributed by atoms with Crippen LogP contribution >= 0.6 is 0 Å². The Kier molecular flexibility index (Phi) is 3.97. The summed E-state index contributed by atoms with van der Waals surface area (Å²) in [5, 5.41) is 3.57. The van der Waals surface area contributed by atoms with E-state index in [0.29, 0.717) is 6.04 Å². The van der Waals surface area contributed by atoms with Crippen LogP contribution in [0.1, 0.15) is 52.4 Å². The first-order chi connectivity index (χ1) is 8.56. The average Bonchev–Trinajstić information content (AvgIpc) is 2.70. The first kappa shape index (κ1) is 13.8. The Morgan fingerprint density at radius 2 is 2.00 bits per heavy atom. The molecule has 1 spiro atoms. The molecule has 104 valence electrons. The lowest BCUT2D eigenvalue weighted by Gasteiger charge is -2.48. The summed E-state index contributed by atoms with van der Waals surface area (Å²) in [6, 6.07) is 0.329. The van der Waals surface area contributed by atoms with Crippen molar-refractivity contribution in [3.05, 3.63) is 0 Å². The van der Waals surface area contributed by atoms with Gasteiger partial charge in [-0.15, -0.1) is 0 Å². The molecule has 0 aromatic heterocycles. The van der Waals surface area contributed by atoms with Gasteiger partial charge >= 0.3 is 0 Å². The van der Waals surface area contributed by atoms with Gasteiger partial charge in [-0.1, -0.05) is 13.3 Å². The minimum Gasteiger partial charge on any atom is -0.381 e. The summed E-state index contributed by atoms with van der Waals surface area (Å²) in [6.07, 6.45) is 6.00. The van der Waals surface area contributed by atoms with Gasteiger partial charge in [-0.3, -0.25) is 4.79 Å². The van der Waals surface area contributed by atoms with Gasteiger partial charge in [0.1, 0.15) is 5.54 Å². The molecule has 3 N–H and O–H groups in total. The monoisotopic (exact) mass is 254 g/mol. The number of primary amides is 1. The fraction of sp³-hybridized carbons (Fsp3) is 0.929. The van der Waals surface area contributed by atoms with Crippen molar-refractivity contribution in [1.82, 2.24) is 5.32 Å². The van der Waals surface area contributed by atoms with E-state index in [-0.39, 0.29) is 11.3 Å². The fourth-order valence-electron chi connectivity index (χ4n) is 3.81. The van der Waals surface area contributed by atoms with E-state index in [4.69, 9.17) is 10.5 Å². The molecule has 0 radical (unpaired) electrons. The normalized spacial score (nSPS) is 32.6. The lowest BCUT2D eigenvalue weighted by molar-refractivity contribution is -0.133. The van der Waals surface area contributed by atoms with Gasteiger partial charge in [-0.05, 0) is 39.0 Å². The molecule has 1 heterocycles. The van der Waals surface area contributed by atoms with E-state index in [0.717, 1.165) is 51.7 Å². The van der Waals surface area contributed by atoms with E-state index < -0.39 is 5.54 Å². The zero-order valence-corrected chi connectivity index (χ0v) is 11.6. The van der Waals surface area contributed by atoms with Gasteiger partial charge in [0.05, 0.1) is 0 Å². The molecule has 1 saturated heterocycles. The number of ether oxygens (including phenoxy) is 1. The second kappa shape index (κ2) is 5.17. The molecule has 4 nitrogen and oxygen atoms in total. The van der Waals surface area contributed by atoms with Crippen LogP contribution in [-0.2, 0) is 9.53 Å². The predicted octanol–water partition coefficient (Wildman–Crippen LogP) is 1.58. The minimum absolute atomic E-state index is 0.0283. The summed E-state index contributed by atoms with van der Waals surface area (Å²) in [4.78, 5) is 12.2. The molecule has 0 aromatic rings. The number of carbonyl (C=O) groups is 1. The number of nitrogens with two attached hydrogens (primary N) is 1. The van der Waals surface area contributed by atoms with Crippen LogP contribution in [0.5, 0.6) is 0 Å². The number of amides is 1. The molecule has 2 unspecified atom stereocenters. The highest BCUT2D eigenvalue weighted by atomic mass is 16.5. The number of hydrogen-bond donors (Lipinski definition) is 2. The SMILES string of the molecule is CCC(C)NC1(C(N)=O)CCCC12CCOCC2. The van der Waals surface area contributed by atoms with Crippen molar-refractivity contribution in [2.75, 3.05) is 13.2 Å². The van der Waals surface area contributed by atoms with Crippen LogP contribution in [0.15, 0.2) is 0 Å². The van der Waals surface area contributed by atoms with Crippen molar-refractivity contribution in [2.24, 2.45) is 11.1 Å². The van der Waals surface area contributed by atoms with Crippen molar-refractivity contribution in [1.29, 1.82) is 0 Å². The highest BCUT2D eigenvalue weighted by Crippen LogP contribution is 2.52. The zero-order chi connectivity index (χ0) is 13.2. The third kappa shape index (κ3) is 2.05. The molecule has 1 aliphatic heterocycles. The largest absolute Gasteiger partial charge is 0.381 e. The van der Waals surface area contributed by atoms with Crippen LogP contribution in [0.4, 0.5) is 0 Å². The van der Waals surface area contributed by atoms with Crippen molar-refractivity contribution >= 4 is 5.91 Å². The first-order valence-corrected chi connectivity index (χ1v) is 7.22. The maximum absolute atomic E-state index is 12.2. The van der Waals surface area contributed by atoms with E-state index >= 15 is 0 Å². The van der Waals surface area contributed by atoms with Crippen molar-refractivity contribution in [2.45, 2.75) is 64.0 Å². The maximum atomic E-state index is 12.2. The van der Waals surface area contributed by atoms with Gasteiger partial charge in [0.25, 0.3) is 0 Å². The number of carbonyl (C=O) groups excluding carboxylic acids is 1. The fourth-order valence-corrected chi connectivity index (χ4v) is 3.81. The van der Waals surface area contributed by atoms with Crippen molar-refractivity contribution in [3.63, 3.8) is 0 Å². The van der Waals surface area contributed by atoms with Gasteiger partial charge < -0.3 is 15.8 Å². The van der Waals surface area contributed by atoms with E-state index in [9.17, 15) is 4.79 Å². The lowest BCUT2D eigenvalue weighted by Crippen LogP contribution is -2.66. The summed E-state index contributed by atoms with van der Waals surface area (Å²) >= 11 is 0. The van der Waals surface area contributed by atoms with E-state index in [2.05, 4.69) is 19.2 Å². The molecular formula is C14H26N2O2. The second-order valence-electron chi connectivity index (χ2n) is 5.97. The molecule has 2 aliphatic rings. The molecule has 1 saturated carbocycles. The molecule has 1 aliphatic carbocycles. The standard InChI is InChI=1S/C14H26N2O2/c1-3-11(2)16-14(12(15)17)6-4-5-13(14)7-9-18-10-8-13/h11,16H,3-10H2,1-2H3,(H2,15,17). The molecule has 2 atom stereocenters. The molecule has 2 rings (SSSR count). The topological polar surface area (TPSA) is 64.3 Å². The van der Waals surface area contributed by atoms with Crippen LogP contribution < -0.4 is 11.1 Å². The Balaban J connectivity index is 2.29. The molecule has 18 heavy (non-hydrogen) atoms. The Morgan fingerprint density at radius 1 is 1.33 bits per heavy atom. The zero-order valence-electron chi connectivity index (χ0n) is 11.6. The van der Waals surface area contributed by atoms with Gasteiger partial charge in [0.2, 0.25) is 5.91 Å². The summed E-state index contributed by atoms with van der Waals surface area (Å²) in [7, 11) is 0.